The van der Waals surface area contributed by atoms with Gasteiger partial charge in [-0.1, -0.05) is 13.8 Å². The van der Waals surface area contributed by atoms with E-state index in [2.05, 4.69) is 18.7 Å². The zero-order valence-corrected chi connectivity index (χ0v) is 11.0. The minimum absolute atomic E-state index is 0.0331. The molecule has 1 heterocycles. The molecule has 0 bridgehead atoms. The fourth-order valence-corrected chi connectivity index (χ4v) is 1.74. The van der Waals surface area contributed by atoms with Crippen LogP contribution in [0.25, 0.3) is 0 Å². The van der Waals surface area contributed by atoms with Crippen molar-refractivity contribution in [2.24, 2.45) is 0 Å². The predicted octanol–water partition coefficient (Wildman–Crippen LogP) is 2.16. The van der Waals surface area contributed by atoms with Gasteiger partial charge in [0.1, 0.15) is 0 Å². The summed E-state index contributed by atoms with van der Waals surface area (Å²) in [4.78, 5) is 2.45. The van der Waals surface area contributed by atoms with Crippen molar-refractivity contribution in [3.8, 4) is 0 Å². The molecule has 1 saturated heterocycles. The van der Waals surface area contributed by atoms with Crippen LogP contribution in [0.5, 0.6) is 0 Å². The van der Waals surface area contributed by atoms with Gasteiger partial charge in [-0.15, -0.1) is 0 Å². The van der Waals surface area contributed by atoms with E-state index >= 15 is 0 Å². The first-order chi connectivity index (χ1) is 7.14. The van der Waals surface area contributed by atoms with Crippen molar-refractivity contribution < 1.29 is 9.47 Å². The lowest BCUT2D eigenvalue weighted by atomic mass is 10.1. The standard InChI is InChI=1S/C10H21NO2.C2H6/c1-10(2)9-11(6-8-13-10)5-4-7-12-3;1-2/h4-9H2,1-3H3;1-2H3. The highest BCUT2D eigenvalue weighted by molar-refractivity contribution is 4.78. The van der Waals surface area contributed by atoms with Crippen molar-refractivity contribution in [2.45, 2.75) is 39.7 Å². The van der Waals surface area contributed by atoms with Gasteiger partial charge >= 0.3 is 0 Å². The summed E-state index contributed by atoms with van der Waals surface area (Å²) in [5, 5.41) is 0. The van der Waals surface area contributed by atoms with Gasteiger partial charge in [0.25, 0.3) is 0 Å². The smallest absolute Gasteiger partial charge is 0.0753 e. The summed E-state index contributed by atoms with van der Waals surface area (Å²) in [6.07, 6.45) is 1.12. The largest absolute Gasteiger partial charge is 0.385 e. The fourth-order valence-electron chi connectivity index (χ4n) is 1.74. The molecule has 0 aliphatic carbocycles. The van der Waals surface area contributed by atoms with E-state index in [0.717, 1.165) is 39.3 Å². The number of hydrogen-bond donors (Lipinski definition) is 0. The quantitative estimate of drug-likeness (QED) is 0.674. The summed E-state index contributed by atoms with van der Waals surface area (Å²) in [6.45, 7) is 13.2. The highest BCUT2D eigenvalue weighted by Crippen LogP contribution is 2.16. The van der Waals surface area contributed by atoms with Gasteiger partial charge in [0.05, 0.1) is 12.2 Å². The molecule has 0 aromatic rings. The van der Waals surface area contributed by atoms with Gasteiger partial charge in [-0.3, -0.25) is 4.90 Å². The number of methoxy groups -OCH3 is 1. The fraction of sp³-hybridized carbons (Fsp3) is 1.00. The van der Waals surface area contributed by atoms with Crippen molar-refractivity contribution in [3.05, 3.63) is 0 Å². The zero-order valence-electron chi connectivity index (χ0n) is 11.0. The SMILES string of the molecule is CC.COCCCN1CCOC(C)(C)C1. The summed E-state index contributed by atoms with van der Waals surface area (Å²) in [5.74, 6) is 0. The first-order valence-corrected chi connectivity index (χ1v) is 5.99. The maximum absolute atomic E-state index is 5.63. The number of morpholine rings is 1. The lowest BCUT2D eigenvalue weighted by molar-refractivity contribution is -0.0868. The molecular weight excluding hydrogens is 190 g/mol. The molecule has 3 nitrogen and oxygen atoms in total. The van der Waals surface area contributed by atoms with Crippen molar-refractivity contribution >= 4 is 0 Å². The van der Waals surface area contributed by atoms with E-state index in [9.17, 15) is 0 Å². The van der Waals surface area contributed by atoms with Crippen LogP contribution < -0.4 is 0 Å². The summed E-state index contributed by atoms with van der Waals surface area (Å²) < 4.78 is 10.7. The third-order valence-corrected chi connectivity index (χ3v) is 2.33. The lowest BCUT2D eigenvalue weighted by Crippen LogP contribution is -2.48. The Kier molecular flexibility index (Phi) is 8.02. The van der Waals surface area contributed by atoms with E-state index in [4.69, 9.17) is 9.47 Å². The molecule has 3 heteroatoms. The monoisotopic (exact) mass is 217 g/mol. The highest BCUT2D eigenvalue weighted by Gasteiger charge is 2.26. The Morgan fingerprint density at radius 1 is 1.33 bits per heavy atom. The summed E-state index contributed by atoms with van der Waals surface area (Å²) >= 11 is 0. The molecule has 0 radical (unpaired) electrons. The molecule has 92 valence electrons. The van der Waals surface area contributed by atoms with Gasteiger partial charge in [0.2, 0.25) is 0 Å². The Bertz CT molecular complexity index is 149. The summed E-state index contributed by atoms with van der Waals surface area (Å²) in [5.41, 5.74) is 0.0331. The summed E-state index contributed by atoms with van der Waals surface area (Å²) in [6, 6.07) is 0. The molecular formula is C12H27NO2. The molecule has 1 aliphatic heterocycles. The van der Waals surface area contributed by atoms with Crippen LogP contribution in [-0.2, 0) is 9.47 Å². The van der Waals surface area contributed by atoms with E-state index in [1.54, 1.807) is 7.11 Å². The second-order valence-corrected chi connectivity index (χ2v) is 4.23. The average molecular weight is 217 g/mol. The van der Waals surface area contributed by atoms with Gasteiger partial charge in [-0.2, -0.15) is 0 Å². The van der Waals surface area contributed by atoms with Crippen LogP contribution in [0, 0.1) is 0 Å². The molecule has 15 heavy (non-hydrogen) atoms. The first kappa shape index (κ1) is 14.9. The zero-order chi connectivity index (χ0) is 11.7. The Labute approximate surface area is 94.7 Å². The van der Waals surface area contributed by atoms with Crippen LogP contribution in [-0.4, -0.2) is 50.5 Å². The van der Waals surface area contributed by atoms with Crippen molar-refractivity contribution in [2.75, 3.05) is 40.0 Å². The van der Waals surface area contributed by atoms with Crippen LogP contribution in [0.2, 0.25) is 0 Å². The van der Waals surface area contributed by atoms with Gasteiger partial charge in [-0.05, 0) is 20.3 Å². The highest BCUT2D eigenvalue weighted by atomic mass is 16.5. The third-order valence-electron chi connectivity index (χ3n) is 2.33. The van der Waals surface area contributed by atoms with Crippen LogP contribution in [0.3, 0.4) is 0 Å². The predicted molar refractivity (Wildman–Crippen MR) is 64.3 cm³/mol. The van der Waals surface area contributed by atoms with Crippen molar-refractivity contribution in [1.82, 2.24) is 4.90 Å². The topological polar surface area (TPSA) is 21.7 Å². The first-order valence-electron chi connectivity index (χ1n) is 5.99. The second kappa shape index (κ2) is 8.08. The van der Waals surface area contributed by atoms with E-state index in [-0.39, 0.29) is 5.60 Å². The molecule has 1 aliphatic rings. The van der Waals surface area contributed by atoms with Crippen LogP contribution in [0.4, 0.5) is 0 Å². The van der Waals surface area contributed by atoms with Crippen molar-refractivity contribution in [1.29, 1.82) is 0 Å². The molecule has 1 rings (SSSR count). The van der Waals surface area contributed by atoms with E-state index in [1.807, 2.05) is 13.8 Å². The minimum atomic E-state index is 0.0331. The Hall–Kier alpha value is -0.120. The van der Waals surface area contributed by atoms with Crippen LogP contribution in [0.15, 0.2) is 0 Å². The normalized spacial score (nSPS) is 20.6. The van der Waals surface area contributed by atoms with E-state index < -0.39 is 0 Å². The molecule has 0 amide bonds. The molecule has 0 aromatic heterocycles. The van der Waals surface area contributed by atoms with Crippen LogP contribution >= 0.6 is 0 Å². The molecule has 1 fully saturated rings. The Morgan fingerprint density at radius 3 is 2.53 bits per heavy atom. The molecule has 0 saturated carbocycles. The summed E-state index contributed by atoms with van der Waals surface area (Å²) in [7, 11) is 1.75. The Morgan fingerprint density at radius 2 is 2.00 bits per heavy atom. The maximum Gasteiger partial charge on any atom is 0.0753 e. The minimum Gasteiger partial charge on any atom is -0.385 e. The number of rotatable bonds is 4. The van der Waals surface area contributed by atoms with Gasteiger partial charge in [0.15, 0.2) is 0 Å². The van der Waals surface area contributed by atoms with Crippen molar-refractivity contribution in [3.63, 3.8) is 0 Å². The number of hydrogen-bond acceptors (Lipinski definition) is 3. The number of nitrogens with zero attached hydrogens (tertiary/aromatic N) is 1. The Balaban J connectivity index is 0.000000921. The average Bonchev–Trinajstić information content (AvgIpc) is 2.20. The van der Waals surface area contributed by atoms with E-state index in [1.165, 1.54) is 0 Å². The second-order valence-electron chi connectivity index (χ2n) is 4.23. The van der Waals surface area contributed by atoms with E-state index in [0.29, 0.717) is 0 Å². The lowest BCUT2D eigenvalue weighted by Gasteiger charge is -2.38. The molecule has 0 aromatic carbocycles. The van der Waals surface area contributed by atoms with Gasteiger partial charge < -0.3 is 9.47 Å². The maximum atomic E-state index is 5.63. The molecule has 0 unspecified atom stereocenters. The molecule has 0 spiro atoms. The molecule has 0 N–H and O–H groups in total. The van der Waals surface area contributed by atoms with Gasteiger partial charge in [0, 0.05) is 33.4 Å². The molecule has 0 atom stereocenters. The third kappa shape index (κ3) is 6.88. The van der Waals surface area contributed by atoms with Gasteiger partial charge in [-0.25, -0.2) is 0 Å². The van der Waals surface area contributed by atoms with Crippen LogP contribution in [0.1, 0.15) is 34.1 Å². The number of ether oxygens (including phenoxy) is 2.